The maximum Gasteiger partial charge on any atom is 0.220 e. The van der Waals surface area contributed by atoms with Crippen LogP contribution in [0.15, 0.2) is 6.20 Å². The van der Waals surface area contributed by atoms with Gasteiger partial charge in [-0.2, -0.15) is 0 Å². The van der Waals surface area contributed by atoms with Crippen LogP contribution in [0, 0.1) is 5.92 Å². The van der Waals surface area contributed by atoms with Gasteiger partial charge in [0.2, 0.25) is 11.8 Å². The summed E-state index contributed by atoms with van der Waals surface area (Å²) in [5, 5.41) is 13.8. The summed E-state index contributed by atoms with van der Waals surface area (Å²) >= 11 is 0. The van der Waals surface area contributed by atoms with Gasteiger partial charge in [0.05, 0.1) is 25.5 Å². The van der Waals surface area contributed by atoms with Gasteiger partial charge >= 0.3 is 0 Å². The molecule has 32 heavy (non-hydrogen) atoms. The number of Topliss-reactive ketones (excluding diaryl/α,β-unsaturated/α-hetero) is 1. The molecule has 0 unspecified atom stereocenters. The van der Waals surface area contributed by atoms with Crippen LogP contribution in [-0.4, -0.2) is 72.1 Å². The lowest BCUT2D eigenvalue weighted by molar-refractivity contribution is -0.123. The molecule has 1 heterocycles. The van der Waals surface area contributed by atoms with E-state index in [0.29, 0.717) is 71.7 Å². The highest BCUT2D eigenvalue weighted by Crippen LogP contribution is 2.00. The molecular formula is C22H39N5O5. The van der Waals surface area contributed by atoms with Crippen molar-refractivity contribution in [2.24, 2.45) is 5.92 Å². The Morgan fingerprint density at radius 3 is 2.28 bits per heavy atom. The number of aryl methyl sites for hydroxylation is 1. The largest absolute Gasteiger partial charge is 0.381 e. The van der Waals surface area contributed by atoms with Crippen LogP contribution in [0.25, 0.3) is 0 Å². The van der Waals surface area contributed by atoms with Crippen LogP contribution in [0.2, 0.25) is 0 Å². The smallest absolute Gasteiger partial charge is 0.220 e. The highest BCUT2D eigenvalue weighted by molar-refractivity contribution is 5.80. The van der Waals surface area contributed by atoms with E-state index in [9.17, 15) is 14.4 Å². The van der Waals surface area contributed by atoms with Crippen molar-refractivity contribution < 1.29 is 23.9 Å². The third-order valence-corrected chi connectivity index (χ3v) is 4.69. The quantitative estimate of drug-likeness (QED) is 0.302. The lowest BCUT2D eigenvalue weighted by Gasteiger charge is -2.06. The van der Waals surface area contributed by atoms with Crippen molar-refractivity contribution in [3.63, 3.8) is 0 Å². The topological polar surface area (TPSA) is 124 Å². The molecule has 0 fully saturated rings. The second kappa shape index (κ2) is 17.3. The predicted octanol–water partition coefficient (Wildman–Crippen LogP) is 1.28. The molecule has 0 saturated heterocycles. The van der Waals surface area contributed by atoms with Crippen LogP contribution in [0.5, 0.6) is 0 Å². The molecule has 1 aromatic heterocycles. The number of amides is 2. The van der Waals surface area contributed by atoms with Crippen molar-refractivity contribution in [1.82, 2.24) is 25.6 Å². The minimum atomic E-state index is -0.0278. The van der Waals surface area contributed by atoms with Crippen LogP contribution in [-0.2, 0) is 36.8 Å². The first-order valence-corrected chi connectivity index (χ1v) is 11.5. The number of nitrogens with one attached hydrogen (secondary N) is 2. The highest BCUT2D eigenvalue weighted by atomic mass is 16.5. The fourth-order valence-electron chi connectivity index (χ4n) is 2.65. The van der Waals surface area contributed by atoms with Crippen LogP contribution < -0.4 is 10.6 Å². The van der Waals surface area contributed by atoms with Crippen molar-refractivity contribution in [3.05, 3.63) is 11.9 Å². The summed E-state index contributed by atoms with van der Waals surface area (Å²) in [5.74, 6) is 0.266. The summed E-state index contributed by atoms with van der Waals surface area (Å²) in [4.78, 5) is 34.5. The van der Waals surface area contributed by atoms with Gasteiger partial charge in [-0.3, -0.25) is 14.4 Å². The monoisotopic (exact) mass is 453 g/mol. The summed E-state index contributed by atoms with van der Waals surface area (Å²) in [6.45, 7) is 9.38. The van der Waals surface area contributed by atoms with Crippen LogP contribution >= 0.6 is 0 Å². The molecule has 2 N–H and O–H groups in total. The summed E-state index contributed by atoms with van der Waals surface area (Å²) in [5.41, 5.74) is 0.758. The van der Waals surface area contributed by atoms with Crippen LogP contribution in [0.3, 0.4) is 0 Å². The lowest BCUT2D eigenvalue weighted by atomic mass is 10.1. The van der Waals surface area contributed by atoms with Crippen molar-refractivity contribution in [2.75, 3.05) is 39.5 Å². The summed E-state index contributed by atoms with van der Waals surface area (Å²) in [6, 6.07) is 0. The number of aromatic nitrogens is 3. The van der Waals surface area contributed by atoms with Crippen molar-refractivity contribution in [1.29, 1.82) is 0 Å². The van der Waals surface area contributed by atoms with Gasteiger partial charge in [0, 0.05) is 64.1 Å². The molecule has 0 aromatic carbocycles. The molecule has 0 atom stereocenters. The average molecular weight is 454 g/mol. The van der Waals surface area contributed by atoms with E-state index in [1.807, 2.05) is 27.0 Å². The molecule has 182 valence electrons. The second-order valence-corrected chi connectivity index (χ2v) is 7.83. The van der Waals surface area contributed by atoms with Gasteiger partial charge < -0.3 is 20.1 Å². The number of carbonyl (C=O) groups excluding carboxylic acids is 3. The molecule has 2 amide bonds. The Labute approximate surface area is 190 Å². The molecular weight excluding hydrogens is 414 g/mol. The van der Waals surface area contributed by atoms with Crippen molar-refractivity contribution in [2.45, 2.75) is 65.8 Å². The van der Waals surface area contributed by atoms with Crippen molar-refractivity contribution >= 4 is 17.6 Å². The van der Waals surface area contributed by atoms with Gasteiger partial charge in [-0.1, -0.05) is 26.0 Å². The molecule has 1 rings (SSSR count). The number of hydrogen-bond acceptors (Lipinski definition) is 7. The van der Waals surface area contributed by atoms with Crippen LogP contribution in [0.1, 0.15) is 58.6 Å². The van der Waals surface area contributed by atoms with E-state index < -0.39 is 0 Å². The fourth-order valence-corrected chi connectivity index (χ4v) is 2.65. The zero-order valence-corrected chi connectivity index (χ0v) is 19.7. The molecule has 1 aromatic rings. The van der Waals surface area contributed by atoms with E-state index >= 15 is 0 Å². The molecule has 0 spiro atoms. The fraction of sp³-hybridized carbons (Fsp3) is 0.773. The van der Waals surface area contributed by atoms with E-state index in [2.05, 4.69) is 20.9 Å². The molecule has 0 radical (unpaired) electrons. The average Bonchev–Trinajstić information content (AvgIpc) is 3.23. The summed E-state index contributed by atoms with van der Waals surface area (Å²) < 4.78 is 12.6. The normalized spacial score (nSPS) is 11.0. The molecule has 0 aliphatic carbocycles. The summed E-state index contributed by atoms with van der Waals surface area (Å²) in [6.07, 6.45) is 5.14. The van der Waals surface area contributed by atoms with E-state index in [1.165, 1.54) is 0 Å². The number of ketones is 1. The van der Waals surface area contributed by atoms with Gasteiger partial charge in [-0.05, 0) is 12.8 Å². The predicted molar refractivity (Wildman–Crippen MR) is 120 cm³/mol. The Bertz CT molecular complexity index is 677. The molecule has 0 saturated carbocycles. The van der Waals surface area contributed by atoms with Gasteiger partial charge in [0.25, 0.3) is 0 Å². The number of ether oxygens (including phenoxy) is 2. The third-order valence-electron chi connectivity index (χ3n) is 4.69. The molecule has 0 aliphatic rings. The number of hydrogen-bond donors (Lipinski definition) is 2. The standard InChI is InChI=1S/C22H39N5O5/c1-4-21(29)23-10-5-13-31-14-6-11-24-22(30)8-7-19-17-27(26-25-19)12-16-32-15-9-20(28)18(2)3/h17-18H,4-16H2,1-3H3,(H,23,29)(H,24,30). The number of nitrogens with zero attached hydrogens (tertiary/aromatic N) is 3. The zero-order chi connectivity index (χ0) is 23.6. The number of rotatable bonds is 19. The maximum absolute atomic E-state index is 11.9. The zero-order valence-electron chi connectivity index (χ0n) is 19.7. The lowest BCUT2D eigenvalue weighted by Crippen LogP contribution is -2.26. The third kappa shape index (κ3) is 13.9. The maximum atomic E-state index is 11.9. The Kier molecular flexibility index (Phi) is 14.9. The van der Waals surface area contributed by atoms with Gasteiger partial charge in [0.1, 0.15) is 5.78 Å². The Balaban J connectivity index is 2.00. The Morgan fingerprint density at radius 2 is 1.62 bits per heavy atom. The summed E-state index contributed by atoms with van der Waals surface area (Å²) in [7, 11) is 0. The molecule has 10 heteroatoms. The van der Waals surface area contributed by atoms with E-state index in [1.54, 1.807) is 4.68 Å². The first kappa shape index (κ1) is 27.7. The highest BCUT2D eigenvalue weighted by Gasteiger charge is 2.07. The van der Waals surface area contributed by atoms with Gasteiger partial charge in [-0.15, -0.1) is 5.10 Å². The van der Waals surface area contributed by atoms with Gasteiger partial charge in [0.15, 0.2) is 0 Å². The number of carbonyl (C=O) groups is 3. The van der Waals surface area contributed by atoms with Crippen LogP contribution in [0.4, 0.5) is 0 Å². The van der Waals surface area contributed by atoms with Crippen molar-refractivity contribution in [3.8, 4) is 0 Å². The SMILES string of the molecule is CCC(=O)NCCCOCCCNC(=O)CCc1cn(CCOCCC(=O)C(C)C)nn1. The van der Waals surface area contributed by atoms with Gasteiger partial charge in [-0.25, -0.2) is 4.68 Å². The second-order valence-electron chi connectivity index (χ2n) is 7.83. The first-order chi connectivity index (χ1) is 15.4. The Morgan fingerprint density at radius 1 is 0.969 bits per heavy atom. The minimum absolute atomic E-state index is 0.0278. The molecule has 0 bridgehead atoms. The van der Waals surface area contributed by atoms with E-state index in [4.69, 9.17) is 9.47 Å². The molecule has 10 nitrogen and oxygen atoms in total. The minimum Gasteiger partial charge on any atom is -0.381 e. The first-order valence-electron chi connectivity index (χ1n) is 11.5. The van der Waals surface area contributed by atoms with E-state index in [0.717, 1.165) is 18.5 Å². The Hall–Kier alpha value is -2.33. The molecule has 0 aliphatic heterocycles. The van der Waals surface area contributed by atoms with E-state index in [-0.39, 0.29) is 23.5 Å².